The molecule has 1 N–H and O–H groups in total. The van der Waals surface area contributed by atoms with Crippen LogP contribution in [0.2, 0.25) is 5.02 Å². The van der Waals surface area contributed by atoms with Gasteiger partial charge in [0.25, 0.3) is 0 Å². The molecule has 0 saturated carbocycles. The zero-order valence-electron chi connectivity index (χ0n) is 10.0. The maximum atomic E-state index is 9.20. The third kappa shape index (κ3) is 3.02. The Labute approximate surface area is 115 Å². The van der Waals surface area contributed by atoms with Crippen LogP contribution in [-0.2, 0) is 19.6 Å². The molecule has 1 aromatic heterocycles. The lowest BCUT2D eigenvalue weighted by atomic mass is 10.3. The van der Waals surface area contributed by atoms with Gasteiger partial charge in [0.1, 0.15) is 17.4 Å². The van der Waals surface area contributed by atoms with Crippen molar-refractivity contribution in [3.05, 3.63) is 44.9 Å². The van der Waals surface area contributed by atoms with Crippen molar-refractivity contribution in [3.63, 3.8) is 0 Å². The fourth-order valence-corrected chi connectivity index (χ4v) is 2.72. The van der Waals surface area contributed by atoms with Gasteiger partial charge in [0.2, 0.25) is 0 Å². The first-order chi connectivity index (χ1) is 8.74. The number of aliphatic hydroxyl groups is 1. The molecule has 2 rings (SSSR count). The summed E-state index contributed by atoms with van der Waals surface area (Å²) in [5.74, 6) is 0.651. The van der Waals surface area contributed by atoms with Crippen molar-refractivity contribution in [3.8, 4) is 5.75 Å². The van der Waals surface area contributed by atoms with Crippen LogP contribution in [0.4, 0.5) is 0 Å². The quantitative estimate of drug-likeness (QED) is 0.914. The van der Waals surface area contributed by atoms with E-state index in [4.69, 9.17) is 16.3 Å². The largest absolute Gasteiger partial charge is 0.485 e. The molecule has 0 saturated heterocycles. The number of thiazole rings is 1. The van der Waals surface area contributed by atoms with E-state index in [1.165, 1.54) is 11.3 Å². The highest BCUT2D eigenvalue weighted by atomic mass is 35.5. The molecule has 0 atom stereocenters. The van der Waals surface area contributed by atoms with Crippen LogP contribution in [0.25, 0.3) is 0 Å². The van der Waals surface area contributed by atoms with Gasteiger partial charge in [-0.1, -0.05) is 30.7 Å². The van der Waals surface area contributed by atoms with Gasteiger partial charge in [-0.2, -0.15) is 0 Å². The Morgan fingerprint density at radius 2 is 2.17 bits per heavy atom. The Balaban J connectivity index is 2.06. The van der Waals surface area contributed by atoms with Crippen LogP contribution in [0.1, 0.15) is 22.5 Å². The third-order valence-corrected chi connectivity index (χ3v) is 3.86. The molecule has 2 aromatic rings. The second-order valence-corrected chi connectivity index (χ2v) is 5.28. The number of ether oxygens (including phenoxy) is 1. The van der Waals surface area contributed by atoms with Crippen molar-refractivity contribution in [2.45, 2.75) is 26.6 Å². The minimum absolute atomic E-state index is 0.0347. The number of hydrogen-bond acceptors (Lipinski definition) is 4. The van der Waals surface area contributed by atoms with Crippen molar-refractivity contribution in [2.75, 3.05) is 0 Å². The van der Waals surface area contributed by atoms with Crippen LogP contribution in [0.5, 0.6) is 5.75 Å². The summed E-state index contributed by atoms with van der Waals surface area (Å²) in [4.78, 5) is 5.35. The topological polar surface area (TPSA) is 42.4 Å². The number of para-hydroxylation sites is 1. The lowest BCUT2D eigenvalue weighted by Gasteiger charge is -2.05. The maximum absolute atomic E-state index is 9.20. The summed E-state index contributed by atoms with van der Waals surface area (Å²) in [5.41, 5.74) is 0.945. The van der Waals surface area contributed by atoms with Crippen molar-refractivity contribution >= 4 is 22.9 Å². The fraction of sp³-hybridized carbons (Fsp3) is 0.308. The van der Waals surface area contributed by atoms with Crippen LogP contribution in [0.3, 0.4) is 0 Å². The van der Waals surface area contributed by atoms with Crippen molar-refractivity contribution in [2.24, 2.45) is 0 Å². The molecule has 96 valence electrons. The van der Waals surface area contributed by atoms with E-state index in [0.717, 1.165) is 22.0 Å². The molecule has 0 amide bonds. The summed E-state index contributed by atoms with van der Waals surface area (Å²) in [7, 11) is 0. The van der Waals surface area contributed by atoms with E-state index in [0.29, 0.717) is 17.4 Å². The van der Waals surface area contributed by atoms with Crippen molar-refractivity contribution in [1.82, 2.24) is 4.98 Å². The second kappa shape index (κ2) is 6.18. The third-order valence-electron chi connectivity index (χ3n) is 2.49. The number of benzene rings is 1. The SMILES string of the molecule is CCc1nc(COc2ccccc2Cl)sc1CO. The second-order valence-electron chi connectivity index (χ2n) is 3.71. The van der Waals surface area contributed by atoms with Crippen LogP contribution in [0, 0.1) is 0 Å². The standard InChI is InChI=1S/C13H14ClNO2S/c1-2-10-12(7-16)18-13(15-10)8-17-11-6-4-3-5-9(11)14/h3-6,16H,2,7-8H2,1H3. The molecule has 0 aliphatic heterocycles. The molecule has 0 aliphatic rings. The number of hydrogen-bond donors (Lipinski definition) is 1. The monoisotopic (exact) mass is 283 g/mol. The Kier molecular flexibility index (Phi) is 4.58. The molecule has 1 aromatic carbocycles. The van der Waals surface area contributed by atoms with E-state index in [1.54, 1.807) is 6.07 Å². The number of aromatic nitrogens is 1. The van der Waals surface area contributed by atoms with Crippen LogP contribution in [-0.4, -0.2) is 10.1 Å². The molecule has 1 heterocycles. The number of nitrogens with zero attached hydrogens (tertiary/aromatic N) is 1. The Morgan fingerprint density at radius 1 is 1.39 bits per heavy atom. The summed E-state index contributed by atoms with van der Waals surface area (Å²) >= 11 is 7.48. The molecule has 0 bridgehead atoms. The molecule has 0 spiro atoms. The van der Waals surface area contributed by atoms with E-state index >= 15 is 0 Å². The normalized spacial score (nSPS) is 10.6. The first-order valence-electron chi connectivity index (χ1n) is 5.70. The van der Waals surface area contributed by atoms with Gasteiger partial charge in [0, 0.05) is 0 Å². The number of halogens is 1. The van der Waals surface area contributed by atoms with Crippen LogP contribution < -0.4 is 4.74 Å². The summed E-state index contributed by atoms with van der Waals surface area (Å²) in [6.07, 6.45) is 0.818. The van der Waals surface area contributed by atoms with Gasteiger partial charge in [-0.3, -0.25) is 0 Å². The number of rotatable bonds is 5. The summed E-state index contributed by atoms with van der Waals surface area (Å²) in [6, 6.07) is 7.34. The average molecular weight is 284 g/mol. The van der Waals surface area contributed by atoms with E-state index in [2.05, 4.69) is 4.98 Å². The zero-order chi connectivity index (χ0) is 13.0. The Bertz CT molecular complexity index is 506. The van der Waals surface area contributed by atoms with E-state index in [1.807, 2.05) is 25.1 Å². The van der Waals surface area contributed by atoms with Gasteiger partial charge < -0.3 is 9.84 Å². The zero-order valence-corrected chi connectivity index (χ0v) is 11.6. The predicted octanol–water partition coefficient (Wildman–Crippen LogP) is 3.43. The van der Waals surface area contributed by atoms with Gasteiger partial charge in [0.05, 0.1) is 22.2 Å². The van der Waals surface area contributed by atoms with Crippen LogP contribution in [0.15, 0.2) is 24.3 Å². The molecular formula is C13H14ClNO2S. The molecule has 3 nitrogen and oxygen atoms in total. The highest BCUT2D eigenvalue weighted by Gasteiger charge is 2.09. The van der Waals surface area contributed by atoms with E-state index in [9.17, 15) is 5.11 Å². The number of aryl methyl sites for hydroxylation is 1. The van der Waals surface area contributed by atoms with Gasteiger partial charge in [-0.15, -0.1) is 11.3 Å². The van der Waals surface area contributed by atoms with E-state index < -0.39 is 0 Å². The highest BCUT2D eigenvalue weighted by Crippen LogP contribution is 2.25. The van der Waals surface area contributed by atoms with Gasteiger partial charge in [-0.25, -0.2) is 4.98 Å². The minimum Gasteiger partial charge on any atom is -0.485 e. The van der Waals surface area contributed by atoms with Gasteiger partial charge in [0.15, 0.2) is 0 Å². The van der Waals surface area contributed by atoms with E-state index in [-0.39, 0.29) is 6.61 Å². The molecular weight excluding hydrogens is 270 g/mol. The van der Waals surface area contributed by atoms with Gasteiger partial charge >= 0.3 is 0 Å². The Morgan fingerprint density at radius 3 is 2.78 bits per heavy atom. The Hall–Kier alpha value is -1.10. The molecule has 0 aliphatic carbocycles. The van der Waals surface area contributed by atoms with Crippen molar-refractivity contribution < 1.29 is 9.84 Å². The van der Waals surface area contributed by atoms with Gasteiger partial charge in [-0.05, 0) is 18.6 Å². The van der Waals surface area contributed by atoms with Crippen LogP contribution >= 0.6 is 22.9 Å². The number of aliphatic hydroxyl groups excluding tert-OH is 1. The smallest absolute Gasteiger partial charge is 0.140 e. The predicted molar refractivity (Wildman–Crippen MR) is 73.2 cm³/mol. The molecule has 5 heteroatoms. The molecule has 18 heavy (non-hydrogen) atoms. The lowest BCUT2D eigenvalue weighted by Crippen LogP contribution is -1.95. The fourth-order valence-electron chi connectivity index (χ4n) is 1.60. The summed E-state index contributed by atoms with van der Waals surface area (Å²) < 4.78 is 5.61. The average Bonchev–Trinajstić information content (AvgIpc) is 2.80. The lowest BCUT2D eigenvalue weighted by molar-refractivity contribution is 0.284. The molecule has 0 unspecified atom stereocenters. The molecule has 0 radical (unpaired) electrons. The van der Waals surface area contributed by atoms with Crippen molar-refractivity contribution in [1.29, 1.82) is 0 Å². The first kappa shape index (κ1) is 13.3. The molecule has 0 fully saturated rings. The summed E-state index contributed by atoms with van der Waals surface area (Å²) in [6.45, 7) is 2.43. The summed E-state index contributed by atoms with van der Waals surface area (Å²) in [5, 5.41) is 10.6. The minimum atomic E-state index is 0.0347. The highest BCUT2D eigenvalue weighted by molar-refractivity contribution is 7.11. The first-order valence-corrected chi connectivity index (χ1v) is 6.89. The maximum Gasteiger partial charge on any atom is 0.140 e.